The Morgan fingerprint density at radius 2 is 1.89 bits per heavy atom. The van der Waals surface area contributed by atoms with Crippen molar-refractivity contribution in [1.29, 1.82) is 0 Å². The number of amides is 2. The van der Waals surface area contributed by atoms with Crippen LogP contribution in [0.2, 0.25) is 0 Å². The molecule has 0 saturated heterocycles. The van der Waals surface area contributed by atoms with E-state index in [1.54, 1.807) is 53.9 Å². The Balaban J connectivity index is 1.72. The lowest BCUT2D eigenvalue weighted by Crippen LogP contribution is -2.21. The van der Waals surface area contributed by atoms with Crippen LogP contribution in [0.25, 0.3) is 0 Å². The van der Waals surface area contributed by atoms with Gasteiger partial charge in [0.05, 0.1) is 22.3 Å². The van der Waals surface area contributed by atoms with Gasteiger partial charge in [0.15, 0.2) is 0 Å². The third kappa shape index (κ3) is 4.81. The average Bonchev–Trinajstić information content (AvgIpc) is 3.20. The Morgan fingerprint density at radius 1 is 1.07 bits per heavy atom. The normalized spacial score (nSPS) is 10.7. The van der Waals surface area contributed by atoms with Crippen LogP contribution in [0.15, 0.2) is 69.6 Å². The van der Waals surface area contributed by atoms with Crippen molar-refractivity contribution in [1.82, 2.24) is 5.43 Å². The van der Waals surface area contributed by atoms with Crippen molar-refractivity contribution in [3.8, 4) is 5.75 Å². The number of rotatable bonds is 5. The number of aromatic hydroxyl groups is 1. The third-order valence-corrected chi connectivity index (χ3v) is 4.89. The molecule has 2 aromatic carbocycles. The van der Waals surface area contributed by atoms with Crippen molar-refractivity contribution in [2.24, 2.45) is 5.10 Å². The van der Waals surface area contributed by atoms with Gasteiger partial charge < -0.3 is 10.4 Å². The van der Waals surface area contributed by atoms with Crippen molar-refractivity contribution >= 4 is 51.0 Å². The molecule has 0 bridgehead atoms. The molecule has 1 heterocycles. The minimum atomic E-state index is -0.484. The molecule has 0 aliphatic heterocycles. The van der Waals surface area contributed by atoms with Crippen LogP contribution in [0.5, 0.6) is 5.75 Å². The first kappa shape index (κ1) is 18.8. The fourth-order valence-electron chi connectivity index (χ4n) is 2.23. The monoisotopic (exact) mass is 443 g/mol. The van der Waals surface area contributed by atoms with Crippen molar-refractivity contribution in [3.05, 3.63) is 80.5 Å². The lowest BCUT2D eigenvalue weighted by atomic mass is 10.1. The summed E-state index contributed by atoms with van der Waals surface area (Å²) in [6, 6.07) is 15.0. The highest BCUT2D eigenvalue weighted by Crippen LogP contribution is 2.20. The lowest BCUT2D eigenvalue weighted by Gasteiger charge is -2.09. The van der Waals surface area contributed by atoms with Crippen molar-refractivity contribution < 1.29 is 14.7 Å². The van der Waals surface area contributed by atoms with Crippen LogP contribution in [0, 0.1) is 0 Å². The first-order chi connectivity index (χ1) is 13.0. The van der Waals surface area contributed by atoms with E-state index in [1.165, 1.54) is 23.6 Å². The topological polar surface area (TPSA) is 90.8 Å². The Labute approximate surface area is 167 Å². The van der Waals surface area contributed by atoms with Gasteiger partial charge >= 0.3 is 0 Å². The van der Waals surface area contributed by atoms with Crippen LogP contribution in [-0.4, -0.2) is 23.1 Å². The quantitative estimate of drug-likeness (QED) is 0.406. The zero-order chi connectivity index (χ0) is 19.2. The molecule has 3 N–H and O–H groups in total. The summed E-state index contributed by atoms with van der Waals surface area (Å²) < 4.78 is 0.773. The molecule has 0 spiro atoms. The molecule has 0 fully saturated rings. The number of thiophene rings is 1. The smallest absolute Gasteiger partial charge is 0.273 e. The van der Waals surface area contributed by atoms with Gasteiger partial charge in [0.25, 0.3) is 11.8 Å². The van der Waals surface area contributed by atoms with Crippen molar-refractivity contribution in [2.75, 3.05) is 5.32 Å². The van der Waals surface area contributed by atoms with Crippen LogP contribution in [0.3, 0.4) is 0 Å². The summed E-state index contributed by atoms with van der Waals surface area (Å²) in [4.78, 5) is 25.2. The largest absolute Gasteiger partial charge is 0.507 e. The fourth-order valence-corrected chi connectivity index (χ4v) is 3.23. The number of carbonyl (C=O) groups excluding carboxylic acids is 2. The molecule has 0 aliphatic rings. The highest BCUT2D eigenvalue weighted by molar-refractivity contribution is 9.10. The molecule has 2 amide bonds. The first-order valence-corrected chi connectivity index (χ1v) is 9.47. The number of phenolic OH excluding ortho intramolecular Hbond substituents is 1. The second kappa shape index (κ2) is 8.61. The molecule has 0 unspecified atom stereocenters. The Hall–Kier alpha value is -2.97. The van der Waals surface area contributed by atoms with Crippen molar-refractivity contribution in [3.63, 3.8) is 0 Å². The summed E-state index contributed by atoms with van der Waals surface area (Å²) in [5, 5.41) is 18.2. The van der Waals surface area contributed by atoms with E-state index in [0.29, 0.717) is 16.1 Å². The second-order valence-electron chi connectivity index (χ2n) is 5.38. The summed E-state index contributed by atoms with van der Waals surface area (Å²) in [5.74, 6) is -0.726. The summed E-state index contributed by atoms with van der Waals surface area (Å²) in [7, 11) is 0. The average molecular weight is 444 g/mol. The highest BCUT2D eigenvalue weighted by atomic mass is 79.9. The number of hydrogen-bond acceptors (Lipinski definition) is 5. The van der Waals surface area contributed by atoms with Gasteiger partial charge in [-0.15, -0.1) is 11.3 Å². The van der Waals surface area contributed by atoms with Gasteiger partial charge in [-0.05, 0) is 41.8 Å². The van der Waals surface area contributed by atoms with E-state index >= 15 is 0 Å². The molecular formula is C19H14BrN3O3S. The summed E-state index contributed by atoms with van der Waals surface area (Å²) in [6.07, 6.45) is 1.34. The van der Waals surface area contributed by atoms with E-state index in [9.17, 15) is 14.7 Å². The minimum Gasteiger partial charge on any atom is -0.507 e. The van der Waals surface area contributed by atoms with E-state index in [0.717, 1.165) is 4.47 Å². The van der Waals surface area contributed by atoms with Gasteiger partial charge in [0.1, 0.15) is 5.75 Å². The number of hydrazone groups is 1. The molecule has 3 rings (SSSR count). The summed E-state index contributed by atoms with van der Waals surface area (Å²) in [5.41, 5.74) is 3.51. The maximum absolute atomic E-state index is 12.4. The number of nitrogens with one attached hydrogen (secondary N) is 2. The molecule has 8 heteroatoms. The zero-order valence-corrected chi connectivity index (χ0v) is 16.3. The summed E-state index contributed by atoms with van der Waals surface area (Å²) in [6.45, 7) is 0. The van der Waals surface area contributed by atoms with E-state index < -0.39 is 5.91 Å². The van der Waals surface area contributed by atoms with Crippen LogP contribution in [0.4, 0.5) is 5.69 Å². The molecule has 0 radical (unpaired) electrons. The Morgan fingerprint density at radius 3 is 2.67 bits per heavy atom. The number of phenols is 1. The van der Waals surface area contributed by atoms with E-state index in [4.69, 9.17) is 0 Å². The van der Waals surface area contributed by atoms with E-state index in [2.05, 4.69) is 31.8 Å². The predicted octanol–water partition coefficient (Wildman–Crippen LogP) is 4.23. The molecule has 3 aromatic rings. The molecule has 0 aliphatic carbocycles. The third-order valence-electron chi connectivity index (χ3n) is 3.52. The van der Waals surface area contributed by atoms with Gasteiger partial charge in [0.2, 0.25) is 0 Å². The molecule has 136 valence electrons. The van der Waals surface area contributed by atoms with Crippen LogP contribution >= 0.6 is 27.3 Å². The van der Waals surface area contributed by atoms with Crippen molar-refractivity contribution in [2.45, 2.75) is 0 Å². The standard InChI is InChI=1S/C19H14BrN3O3S/c20-13-7-8-16(24)12(10-13)11-21-23-18(25)14-4-1-2-5-15(14)22-19(26)17-6-3-9-27-17/h1-11,24H,(H,22,26)(H,23,25). The molecule has 0 atom stereocenters. The number of halogens is 1. The van der Waals surface area contributed by atoms with Crippen LogP contribution < -0.4 is 10.7 Å². The number of para-hydroxylation sites is 1. The van der Waals surface area contributed by atoms with E-state index in [-0.39, 0.29) is 17.2 Å². The highest BCUT2D eigenvalue weighted by Gasteiger charge is 2.14. The summed E-state index contributed by atoms with van der Waals surface area (Å²) >= 11 is 4.62. The molecule has 1 aromatic heterocycles. The van der Waals surface area contributed by atoms with Crippen LogP contribution in [-0.2, 0) is 0 Å². The minimum absolute atomic E-state index is 0.0415. The van der Waals surface area contributed by atoms with Gasteiger partial charge in [-0.3, -0.25) is 9.59 Å². The number of benzene rings is 2. The maximum atomic E-state index is 12.4. The maximum Gasteiger partial charge on any atom is 0.273 e. The predicted molar refractivity (Wildman–Crippen MR) is 110 cm³/mol. The number of hydrogen-bond donors (Lipinski definition) is 3. The fraction of sp³-hybridized carbons (Fsp3) is 0. The first-order valence-electron chi connectivity index (χ1n) is 7.80. The lowest BCUT2D eigenvalue weighted by molar-refractivity contribution is 0.0956. The van der Waals surface area contributed by atoms with Gasteiger partial charge in [-0.1, -0.05) is 34.1 Å². The SMILES string of the molecule is O=C(Nc1ccccc1C(=O)NN=Cc1cc(Br)ccc1O)c1cccs1. The Bertz CT molecular complexity index is 1000. The molecule has 0 saturated carbocycles. The number of anilines is 1. The van der Waals surface area contributed by atoms with Gasteiger partial charge in [-0.25, -0.2) is 5.43 Å². The number of carbonyl (C=O) groups is 2. The Kier molecular flexibility index (Phi) is 6.00. The zero-order valence-electron chi connectivity index (χ0n) is 13.8. The van der Waals surface area contributed by atoms with Gasteiger partial charge in [-0.2, -0.15) is 5.10 Å². The second-order valence-corrected chi connectivity index (χ2v) is 7.24. The molecular weight excluding hydrogens is 430 g/mol. The van der Waals surface area contributed by atoms with E-state index in [1.807, 2.05) is 0 Å². The number of nitrogens with zero attached hydrogens (tertiary/aromatic N) is 1. The van der Waals surface area contributed by atoms with Gasteiger partial charge in [0, 0.05) is 10.0 Å². The van der Waals surface area contributed by atoms with Crippen LogP contribution in [0.1, 0.15) is 25.6 Å². The molecule has 6 nitrogen and oxygen atoms in total. The molecule has 27 heavy (non-hydrogen) atoms.